The summed E-state index contributed by atoms with van der Waals surface area (Å²) in [5, 5.41) is 16.9. The number of morpholine rings is 1. The molecule has 1 saturated heterocycles. The van der Waals surface area contributed by atoms with Gasteiger partial charge in [0.15, 0.2) is 5.11 Å². The van der Waals surface area contributed by atoms with E-state index in [0.717, 1.165) is 22.6 Å². The number of amides is 1. The number of thiocarbonyl (C=S) groups is 1. The second-order valence-corrected chi connectivity index (χ2v) is 9.40. The molecular weight excluding hydrogens is 509 g/mol. The molecule has 3 aromatic rings. The highest BCUT2D eigenvalue weighted by molar-refractivity contribution is 7.80. The molecule has 3 heterocycles. The van der Waals surface area contributed by atoms with Crippen LogP contribution in [0.3, 0.4) is 0 Å². The molecule has 0 atom stereocenters. The van der Waals surface area contributed by atoms with Gasteiger partial charge < -0.3 is 20.3 Å². The van der Waals surface area contributed by atoms with Crippen molar-refractivity contribution in [1.82, 2.24) is 24.5 Å². The summed E-state index contributed by atoms with van der Waals surface area (Å²) in [6.07, 6.45) is 1.62. The Balaban J connectivity index is 1.50. The van der Waals surface area contributed by atoms with Crippen molar-refractivity contribution in [2.75, 3.05) is 36.9 Å². The van der Waals surface area contributed by atoms with Gasteiger partial charge in [-0.25, -0.2) is 0 Å². The number of nitrogens with one attached hydrogen (secondary N) is 2. The van der Waals surface area contributed by atoms with Gasteiger partial charge in [0.1, 0.15) is 5.69 Å². The lowest BCUT2D eigenvalue weighted by Gasteiger charge is -2.27. The van der Waals surface area contributed by atoms with Crippen molar-refractivity contribution in [3.05, 3.63) is 57.1 Å². The number of hydrogen-bond acceptors (Lipinski definition) is 5. The van der Waals surface area contributed by atoms with Gasteiger partial charge in [0, 0.05) is 29.7 Å². The Bertz CT molecular complexity index is 1250. The molecule has 0 bridgehead atoms. The summed E-state index contributed by atoms with van der Waals surface area (Å²) in [5.74, 6) is -0.0991. The summed E-state index contributed by atoms with van der Waals surface area (Å²) in [7, 11) is 0. The monoisotopic (exact) mass is 535 g/mol. The number of aryl methyl sites for hydroxylation is 2. The van der Waals surface area contributed by atoms with Gasteiger partial charge in [-0.1, -0.05) is 29.3 Å². The molecule has 2 aromatic heterocycles. The van der Waals surface area contributed by atoms with E-state index in [9.17, 15) is 4.79 Å². The zero-order valence-corrected chi connectivity index (χ0v) is 22.1. The van der Waals surface area contributed by atoms with Gasteiger partial charge in [-0.15, -0.1) is 0 Å². The van der Waals surface area contributed by atoms with Crippen LogP contribution in [-0.4, -0.2) is 61.8 Å². The molecular formula is C23H27Cl2N7O2S. The van der Waals surface area contributed by atoms with Crippen LogP contribution in [0.5, 0.6) is 0 Å². The molecule has 1 aliphatic heterocycles. The van der Waals surface area contributed by atoms with Crippen molar-refractivity contribution in [3.63, 3.8) is 0 Å². The fourth-order valence-electron chi connectivity index (χ4n) is 3.97. The maximum atomic E-state index is 13.2. The van der Waals surface area contributed by atoms with Gasteiger partial charge >= 0.3 is 0 Å². The lowest BCUT2D eigenvalue weighted by atomic mass is 10.2. The number of anilines is 2. The Morgan fingerprint density at radius 3 is 2.60 bits per heavy atom. The van der Waals surface area contributed by atoms with Crippen molar-refractivity contribution in [3.8, 4) is 0 Å². The van der Waals surface area contributed by atoms with E-state index in [1.54, 1.807) is 27.9 Å². The summed E-state index contributed by atoms with van der Waals surface area (Å²) in [5.41, 5.74) is 4.40. The number of ether oxygens (including phenoxy) is 1. The molecule has 0 spiro atoms. The first kappa shape index (κ1) is 25.4. The highest BCUT2D eigenvalue weighted by Gasteiger charge is 2.26. The zero-order chi connectivity index (χ0) is 25.1. The second kappa shape index (κ2) is 10.9. The van der Waals surface area contributed by atoms with E-state index in [1.165, 1.54) is 0 Å². The van der Waals surface area contributed by atoms with Crippen molar-refractivity contribution in [2.24, 2.45) is 0 Å². The fourth-order valence-corrected chi connectivity index (χ4v) is 4.65. The van der Waals surface area contributed by atoms with E-state index < -0.39 is 0 Å². The molecule has 9 nitrogen and oxygen atoms in total. The minimum atomic E-state index is -0.0991. The molecule has 2 N–H and O–H groups in total. The first-order chi connectivity index (χ1) is 16.8. The topological polar surface area (TPSA) is 89.2 Å². The smallest absolute Gasteiger partial charge is 0.274 e. The molecule has 12 heteroatoms. The molecule has 35 heavy (non-hydrogen) atoms. The van der Waals surface area contributed by atoms with Crippen LogP contribution < -0.4 is 10.6 Å². The molecule has 1 aliphatic rings. The molecule has 1 aromatic carbocycles. The number of nitrogens with zero attached hydrogens (tertiary/aromatic N) is 5. The largest absolute Gasteiger partial charge is 0.378 e. The van der Waals surface area contributed by atoms with Gasteiger partial charge in [0.05, 0.1) is 48.7 Å². The van der Waals surface area contributed by atoms with Gasteiger partial charge in [0.2, 0.25) is 0 Å². The van der Waals surface area contributed by atoms with E-state index in [1.807, 2.05) is 31.5 Å². The van der Waals surface area contributed by atoms with E-state index in [0.29, 0.717) is 65.9 Å². The molecule has 0 radical (unpaired) electrons. The molecule has 0 unspecified atom stereocenters. The van der Waals surface area contributed by atoms with Crippen LogP contribution in [0.15, 0.2) is 24.4 Å². The minimum absolute atomic E-state index is 0.0991. The Morgan fingerprint density at radius 2 is 1.91 bits per heavy atom. The molecule has 0 saturated carbocycles. The van der Waals surface area contributed by atoms with Crippen LogP contribution in [0.2, 0.25) is 10.0 Å². The van der Waals surface area contributed by atoms with Crippen LogP contribution in [0, 0.1) is 13.8 Å². The number of carbonyl (C=O) groups excluding carboxylic acids is 1. The fraction of sp³-hybridized carbons (Fsp3) is 0.391. The van der Waals surface area contributed by atoms with Crippen molar-refractivity contribution in [1.29, 1.82) is 0 Å². The normalized spacial score (nSPS) is 13.7. The first-order valence-corrected chi connectivity index (χ1v) is 12.4. The van der Waals surface area contributed by atoms with Gasteiger partial charge in [-0.05, 0) is 50.7 Å². The maximum Gasteiger partial charge on any atom is 0.274 e. The Labute approximate surface area is 219 Å². The third kappa shape index (κ3) is 5.61. The highest BCUT2D eigenvalue weighted by atomic mass is 35.5. The lowest BCUT2D eigenvalue weighted by molar-refractivity contribution is 0.0295. The SMILES string of the molecule is CCn1ncc(NC(=S)Nc2c(C)nn(Cc3ccc(Cl)cc3Cl)c2C)c1C(=O)N1CCOCC1. The average molecular weight is 536 g/mol. The van der Waals surface area contributed by atoms with Crippen LogP contribution in [0.1, 0.15) is 34.4 Å². The predicted octanol–water partition coefficient (Wildman–Crippen LogP) is 4.35. The van der Waals surface area contributed by atoms with Crippen LogP contribution >= 0.6 is 35.4 Å². The lowest BCUT2D eigenvalue weighted by Crippen LogP contribution is -2.41. The Hall–Kier alpha value is -2.66. The Kier molecular flexibility index (Phi) is 7.95. The maximum absolute atomic E-state index is 13.2. The zero-order valence-electron chi connectivity index (χ0n) is 19.8. The number of hydrogen-bond donors (Lipinski definition) is 2. The average Bonchev–Trinajstić information content (AvgIpc) is 3.36. The molecule has 4 rings (SSSR count). The number of halogens is 2. The third-order valence-electron chi connectivity index (χ3n) is 5.84. The first-order valence-electron chi connectivity index (χ1n) is 11.3. The molecule has 186 valence electrons. The summed E-state index contributed by atoms with van der Waals surface area (Å²) < 4.78 is 8.91. The summed E-state index contributed by atoms with van der Waals surface area (Å²) >= 11 is 17.9. The number of benzene rings is 1. The number of carbonyl (C=O) groups is 1. The molecule has 0 aliphatic carbocycles. The van der Waals surface area contributed by atoms with E-state index >= 15 is 0 Å². The van der Waals surface area contributed by atoms with Crippen LogP contribution in [-0.2, 0) is 17.8 Å². The van der Waals surface area contributed by atoms with Gasteiger partial charge in [-0.3, -0.25) is 14.2 Å². The second-order valence-electron chi connectivity index (χ2n) is 8.15. The number of rotatable bonds is 6. The summed E-state index contributed by atoms with van der Waals surface area (Å²) in [4.78, 5) is 15.0. The van der Waals surface area contributed by atoms with E-state index in [4.69, 9.17) is 40.2 Å². The Morgan fingerprint density at radius 1 is 1.17 bits per heavy atom. The predicted molar refractivity (Wildman–Crippen MR) is 142 cm³/mol. The molecule has 1 amide bonds. The summed E-state index contributed by atoms with van der Waals surface area (Å²) in [6, 6.07) is 5.41. The van der Waals surface area contributed by atoms with Crippen LogP contribution in [0.4, 0.5) is 11.4 Å². The molecule has 1 fully saturated rings. The van der Waals surface area contributed by atoms with Gasteiger partial charge in [-0.2, -0.15) is 10.2 Å². The van der Waals surface area contributed by atoms with Gasteiger partial charge in [0.25, 0.3) is 5.91 Å². The third-order valence-corrected chi connectivity index (χ3v) is 6.63. The number of aromatic nitrogens is 4. The summed E-state index contributed by atoms with van der Waals surface area (Å²) in [6.45, 7) is 9.00. The van der Waals surface area contributed by atoms with Crippen molar-refractivity contribution < 1.29 is 9.53 Å². The quantitative estimate of drug-likeness (QED) is 0.453. The standard InChI is InChI=1S/C23H27Cl2N7O2S/c1-4-31-21(22(33)30-7-9-34-10-8-30)19(12-26-31)27-23(35)28-20-14(2)29-32(15(20)3)13-16-5-6-17(24)11-18(16)25/h5-6,11-12H,4,7-10,13H2,1-3H3,(H2,27,28,35). The van der Waals surface area contributed by atoms with E-state index in [2.05, 4.69) is 20.8 Å². The minimum Gasteiger partial charge on any atom is -0.378 e. The van der Waals surface area contributed by atoms with Crippen molar-refractivity contribution in [2.45, 2.75) is 33.9 Å². The van der Waals surface area contributed by atoms with Crippen molar-refractivity contribution >= 4 is 57.8 Å². The highest BCUT2D eigenvalue weighted by Crippen LogP contribution is 2.26. The van der Waals surface area contributed by atoms with Crippen LogP contribution in [0.25, 0.3) is 0 Å². The van der Waals surface area contributed by atoms with E-state index in [-0.39, 0.29) is 5.91 Å².